The molecule has 6 nitrogen and oxygen atoms in total. The fraction of sp³-hybridized carbons (Fsp3) is 0.538. The summed E-state index contributed by atoms with van der Waals surface area (Å²) in [7, 11) is 1.18. The van der Waals surface area contributed by atoms with Crippen molar-refractivity contribution in [1.29, 1.82) is 0 Å². The summed E-state index contributed by atoms with van der Waals surface area (Å²) in [5.74, 6) is 1.00. The van der Waals surface area contributed by atoms with Crippen molar-refractivity contribution in [2.24, 2.45) is 5.73 Å². The van der Waals surface area contributed by atoms with Gasteiger partial charge in [-0.25, -0.2) is 12.7 Å². The Labute approximate surface area is 120 Å². The Morgan fingerprint density at radius 3 is 2.45 bits per heavy atom. The summed E-state index contributed by atoms with van der Waals surface area (Å²) in [6.07, 6.45) is 0. The van der Waals surface area contributed by atoms with E-state index in [0.29, 0.717) is 23.7 Å². The SMILES string of the molecule is CCOc1cc([C@@H](N)CS(=O)(=O)N(C)C)ccc1OC. The minimum atomic E-state index is -3.35. The van der Waals surface area contributed by atoms with Crippen LogP contribution in [0.3, 0.4) is 0 Å². The molecule has 0 amide bonds. The zero-order valence-electron chi connectivity index (χ0n) is 12.3. The van der Waals surface area contributed by atoms with Crippen molar-refractivity contribution in [3.8, 4) is 11.5 Å². The molecule has 0 saturated carbocycles. The van der Waals surface area contributed by atoms with E-state index < -0.39 is 16.1 Å². The monoisotopic (exact) mass is 302 g/mol. The summed E-state index contributed by atoms with van der Waals surface area (Å²) >= 11 is 0. The van der Waals surface area contributed by atoms with Gasteiger partial charge in [-0.15, -0.1) is 0 Å². The van der Waals surface area contributed by atoms with Gasteiger partial charge in [0.15, 0.2) is 11.5 Å². The maximum atomic E-state index is 11.8. The molecule has 0 heterocycles. The van der Waals surface area contributed by atoms with Crippen molar-refractivity contribution in [2.45, 2.75) is 13.0 Å². The van der Waals surface area contributed by atoms with Crippen molar-refractivity contribution in [3.63, 3.8) is 0 Å². The fourth-order valence-electron chi connectivity index (χ4n) is 1.66. The van der Waals surface area contributed by atoms with E-state index in [2.05, 4.69) is 0 Å². The van der Waals surface area contributed by atoms with Crippen LogP contribution in [0.4, 0.5) is 0 Å². The van der Waals surface area contributed by atoms with Crippen LogP contribution in [-0.4, -0.2) is 46.3 Å². The zero-order chi connectivity index (χ0) is 15.3. The van der Waals surface area contributed by atoms with Gasteiger partial charge in [-0.1, -0.05) is 6.07 Å². The van der Waals surface area contributed by atoms with Gasteiger partial charge >= 0.3 is 0 Å². The molecule has 7 heteroatoms. The van der Waals surface area contributed by atoms with Crippen LogP contribution in [0.1, 0.15) is 18.5 Å². The maximum Gasteiger partial charge on any atom is 0.215 e. The van der Waals surface area contributed by atoms with Gasteiger partial charge in [0.05, 0.1) is 19.5 Å². The zero-order valence-corrected chi connectivity index (χ0v) is 13.1. The number of sulfonamides is 1. The average Bonchev–Trinajstić information content (AvgIpc) is 2.38. The van der Waals surface area contributed by atoms with Gasteiger partial charge in [0.25, 0.3) is 0 Å². The summed E-state index contributed by atoms with van der Waals surface area (Å²) in [6.45, 7) is 2.35. The highest BCUT2D eigenvalue weighted by molar-refractivity contribution is 7.89. The summed E-state index contributed by atoms with van der Waals surface area (Å²) in [6, 6.07) is 4.57. The molecule has 0 aliphatic heterocycles. The van der Waals surface area contributed by atoms with E-state index in [9.17, 15) is 8.42 Å². The highest BCUT2D eigenvalue weighted by Crippen LogP contribution is 2.30. The lowest BCUT2D eigenvalue weighted by Crippen LogP contribution is -2.31. The minimum absolute atomic E-state index is 0.155. The second-order valence-electron chi connectivity index (χ2n) is 4.51. The maximum absolute atomic E-state index is 11.8. The number of ether oxygens (including phenoxy) is 2. The highest BCUT2D eigenvalue weighted by Gasteiger charge is 2.20. The van der Waals surface area contributed by atoms with Crippen LogP contribution in [0.2, 0.25) is 0 Å². The van der Waals surface area contributed by atoms with Gasteiger partial charge in [0.2, 0.25) is 10.0 Å². The molecule has 2 N–H and O–H groups in total. The third kappa shape index (κ3) is 4.09. The predicted octanol–water partition coefficient (Wildman–Crippen LogP) is 0.985. The molecule has 0 saturated heterocycles. The molecule has 1 atom stereocenters. The van der Waals surface area contributed by atoms with Crippen molar-refractivity contribution < 1.29 is 17.9 Å². The van der Waals surface area contributed by atoms with E-state index in [1.807, 2.05) is 6.92 Å². The third-order valence-electron chi connectivity index (χ3n) is 2.86. The first kappa shape index (κ1) is 16.7. The van der Waals surface area contributed by atoms with E-state index in [-0.39, 0.29) is 5.75 Å². The topological polar surface area (TPSA) is 81.9 Å². The van der Waals surface area contributed by atoms with Crippen LogP contribution in [0.15, 0.2) is 18.2 Å². The second-order valence-corrected chi connectivity index (χ2v) is 6.74. The Morgan fingerprint density at radius 1 is 1.30 bits per heavy atom. The van der Waals surface area contributed by atoms with Crippen molar-refractivity contribution in [3.05, 3.63) is 23.8 Å². The largest absolute Gasteiger partial charge is 0.493 e. The predicted molar refractivity (Wildman–Crippen MR) is 78.6 cm³/mol. The Hall–Kier alpha value is -1.31. The molecule has 0 aromatic heterocycles. The lowest BCUT2D eigenvalue weighted by atomic mass is 10.1. The van der Waals surface area contributed by atoms with E-state index in [4.69, 9.17) is 15.2 Å². The Morgan fingerprint density at radius 2 is 1.95 bits per heavy atom. The standard InChI is InChI=1S/C13H22N2O4S/c1-5-19-13-8-10(6-7-12(13)18-4)11(14)9-20(16,17)15(2)3/h6-8,11H,5,9,14H2,1-4H3/t11-/m0/s1. The molecule has 0 bridgehead atoms. The molecule has 0 aliphatic carbocycles. The lowest BCUT2D eigenvalue weighted by molar-refractivity contribution is 0.310. The summed E-state index contributed by atoms with van der Waals surface area (Å²) < 4.78 is 35.5. The smallest absolute Gasteiger partial charge is 0.215 e. The van der Waals surface area contributed by atoms with E-state index in [1.54, 1.807) is 25.3 Å². The third-order valence-corrected chi connectivity index (χ3v) is 4.76. The van der Waals surface area contributed by atoms with Crippen molar-refractivity contribution >= 4 is 10.0 Å². The Bertz CT molecular complexity index is 543. The van der Waals surface area contributed by atoms with Crippen LogP contribution >= 0.6 is 0 Å². The second kappa shape index (κ2) is 6.92. The quantitative estimate of drug-likeness (QED) is 0.812. The molecule has 0 radical (unpaired) electrons. The molecule has 114 valence electrons. The molecular formula is C13H22N2O4S. The van der Waals surface area contributed by atoms with Crippen molar-refractivity contribution in [2.75, 3.05) is 33.6 Å². The van der Waals surface area contributed by atoms with Gasteiger partial charge in [-0.3, -0.25) is 0 Å². The number of nitrogens with two attached hydrogens (primary N) is 1. The van der Waals surface area contributed by atoms with E-state index in [0.717, 1.165) is 0 Å². The van der Waals surface area contributed by atoms with Gasteiger partial charge in [-0.2, -0.15) is 0 Å². The fourth-order valence-corrected chi connectivity index (χ4v) is 2.61. The molecule has 1 aromatic carbocycles. The molecular weight excluding hydrogens is 280 g/mol. The molecule has 20 heavy (non-hydrogen) atoms. The first-order valence-electron chi connectivity index (χ1n) is 6.28. The number of rotatable bonds is 7. The number of nitrogens with zero attached hydrogens (tertiary/aromatic N) is 1. The highest BCUT2D eigenvalue weighted by atomic mass is 32.2. The summed E-state index contributed by atoms with van der Waals surface area (Å²) in [5.41, 5.74) is 6.67. The van der Waals surface area contributed by atoms with Gasteiger partial charge < -0.3 is 15.2 Å². The lowest BCUT2D eigenvalue weighted by Gasteiger charge is -2.18. The van der Waals surface area contributed by atoms with Gasteiger partial charge in [0.1, 0.15) is 0 Å². The Kier molecular flexibility index (Phi) is 5.79. The normalized spacial score (nSPS) is 13.3. The summed E-state index contributed by atoms with van der Waals surface area (Å²) in [4.78, 5) is 0. The van der Waals surface area contributed by atoms with Gasteiger partial charge in [-0.05, 0) is 24.6 Å². The number of methoxy groups -OCH3 is 1. The van der Waals surface area contributed by atoms with E-state index >= 15 is 0 Å². The van der Waals surface area contributed by atoms with Crippen LogP contribution in [0, 0.1) is 0 Å². The first-order chi connectivity index (χ1) is 9.31. The first-order valence-corrected chi connectivity index (χ1v) is 7.89. The van der Waals surface area contributed by atoms with Crippen LogP contribution in [-0.2, 0) is 10.0 Å². The van der Waals surface area contributed by atoms with E-state index in [1.165, 1.54) is 18.4 Å². The minimum Gasteiger partial charge on any atom is -0.493 e. The van der Waals surface area contributed by atoms with Crippen LogP contribution in [0.5, 0.6) is 11.5 Å². The molecule has 0 fully saturated rings. The molecule has 0 spiro atoms. The summed E-state index contributed by atoms with van der Waals surface area (Å²) in [5, 5.41) is 0. The number of hydrogen-bond donors (Lipinski definition) is 1. The molecule has 0 aliphatic rings. The molecule has 1 rings (SSSR count). The Balaban J connectivity index is 2.99. The number of hydrogen-bond acceptors (Lipinski definition) is 5. The average molecular weight is 302 g/mol. The van der Waals surface area contributed by atoms with Crippen LogP contribution in [0.25, 0.3) is 0 Å². The number of benzene rings is 1. The van der Waals surface area contributed by atoms with Gasteiger partial charge in [0, 0.05) is 20.1 Å². The molecule has 1 aromatic rings. The molecule has 0 unspecified atom stereocenters. The van der Waals surface area contributed by atoms with Crippen molar-refractivity contribution in [1.82, 2.24) is 4.31 Å². The van der Waals surface area contributed by atoms with Crippen LogP contribution < -0.4 is 15.2 Å².